The van der Waals surface area contributed by atoms with Crippen LogP contribution in [0.2, 0.25) is 0 Å². The van der Waals surface area contributed by atoms with Crippen molar-refractivity contribution in [1.82, 2.24) is 10.2 Å². The van der Waals surface area contributed by atoms with Gasteiger partial charge in [-0.1, -0.05) is 388 Å². The first-order chi connectivity index (χ1) is 56.0. The molecule has 0 aromatic heterocycles. The van der Waals surface area contributed by atoms with Gasteiger partial charge in [0.05, 0.1) is 38.5 Å². The lowest BCUT2D eigenvalue weighted by Gasteiger charge is -2.45. The fraction of sp³-hybridized carbons (Fsp3) is 0.937. The normalized spacial score (nSPS) is 17.9. The van der Waals surface area contributed by atoms with E-state index in [0.29, 0.717) is 70.8 Å². The van der Waals surface area contributed by atoms with Gasteiger partial charge in [-0.25, -0.2) is 4.57 Å². The maximum atomic E-state index is 15.1. The van der Waals surface area contributed by atoms with Gasteiger partial charge >= 0.3 is 31.7 Å². The van der Waals surface area contributed by atoms with E-state index in [1.807, 2.05) is 0 Å². The van der Waals surface area contributed by atoms with E-state index in [4.69, 9.17) is 32.9 Å². The van der Waals surface area contributed by atoms with Gasteiger partial charge in [0.2, 0.25) is 11.8 Å². The van der Waals surface area contributed by atoms with E-state index in [1.165, 1.54) is 218 Å². The lowest BCUT2D eigenvalue weighted by molar-refractivity contribution is -0.273. The molecule has 2 aliphatic rings. The zero-order valence-electron chi connectivity index (χ0n) is 75.0. The molecule has 0 saturated carbocycles. The highest BCUT2D eigenvalue weighted by Crippen LogP contribution is 2.43. The Bertz CT molecular complexity index is 2360. The number of hydrogen-bond donors (Lipinski definition) is 4. The minimum atomic E-state index is -5.49. The van der Waals surface area contributed by atoms with E-state index < -0.39 is 99.7 Å². The predicted octanol–water partition coefficient (Wildman–Crippen LogP) is 25.4. The first-order valence-corrected chi connectivity index (χ1v) is 50.5. The van der Waals surface area contributed by atoms with Crippen LogP contribution in [0.1, 0.15) is 497 Å². The van der Waals surface area contributed by atoms with E-state index in [-0.39, 0.29) is 44.2 Å². The summed E-state index contributed by atoms with van der Waals surface area (Å²) in [5, 5.41) is 14.1. The highest BCUT2D eigenvalue weighted by molar-refractivity contribution is 7.46. The Kier molecular flexibility index (Phi) is 71.1. The molecule has 9 atom stereocenters. The summed E-state index contributed by atoms with van der Waals surface area (Å²) in [4.78, 5) is 109. The largest absolute Gasteiger partial charge is 0.470 e. The van der Waals surface area contributed by atoms with Gasteiger partial charge in [0.25, 0.3) is 0 Å². The van der Waals surface area contributed by atoms with Crippen molar-refractivity contribution in [3.8, 4) is 0 Å². The number of hydrogen-bond acceptors (Lipinski definition) is 15. The number of aliphatic hydroxyl groups is 1. The zero-order valence-corrected chi connectivity index (χ0v) is 75.9. The number of carbonyl (C=O) groups is 6. The minimum absolute atomic E-state index is 0.0129. The summed E-state index contributed by atoms with van der Waals surface area (Å²) < 4.78 is 56.7. The Hall–Kier alpha value is -3.19. The van der Waals surface area contributed by atoms with Gasteiger partial charge in [0.1, 0.15) is 36.6 Å². The molecule has 19 nitrogen and oxygen atoms in total. The summed E-state index contributed by atoms with van der Waals surface area (Å²) in [6.07, 6.45) is 59.7. The first kappa shape index (κ1) is 108. The van der Waals surface area contributed by atoms with Crippen LogP contribution in [0.25, 0.3) is 0 Å². The van der Waals surface area contributed by atoms with Gasteiger partial charge in [0, 0.05) is 25.8 Å². The second-order valence-electron chi connectivity index (χ2n) is 34.7. The second kappa shape index (κ2) is 75.8. The fourth-order valence-corrected chi connectivity index (χ4v) is 17.2. The highest BCUT2D eigenvalue weighted by atomic mass is 31.2. The van der Waals surface area contributed by atoms with Crippen molar-refractivity contribution in [2.24, 2.45) is 0 Å². The fourth-order valence-electron chi connectivity index (χ4n) is 16.7. The van der Waals surface area contributed by atoms with Crippen LogP contribution in [0.5, 0.6) is 0 Å². The van der Waals surface area contributed by atoms with E-state index in [9.17, 15) is 43.4 Å². The summed E-state index contributed by atoms with van der Waals surface area (Å²) >= 11 is 0. The van der Waals surface area contributed by atoms with Crippen LogP contribution in [-0.4, -0.2) is 130 Å². The number of phosphoric ester groups is 1. The van der Waals surface area contributed by atoms with Crippen LogP contribution in [0.4, 0.5) is 0 Å². The number of rotatable bonds is 83. The molecule has 2 rings (SSSR count). The summed E-state index contributed by atoms with van der Waals surface area (Å²) in [6, 6.07) is -2.10. The summed E-state index contributed by atoms with van der Waals surface area (Å²) in [6.45, 7) is 12.7. The van der Waals surface area contributed by atoms with Crippen molar-refractivity contribution in [1.29, 1.82) is 0 Å². The molecular weight excluding hydrogens is 1470 g/mol. The third kappa shape index (κ3) is 60.9. The molecule has 0 aromatic rings. The topological polar surface area (TPSA) is 260 Å². The highest BCUT2D eigenvalue weighted by Gasteiger charge is 2.53. The average Bonchev–Trinajstić information content (AvgIpc) is 1.14. The Morgan fingerprint density at radius 2 is 0.687 bits per heavy atom. The van der Waals surface area contributed by atoms with E-state index in [0.717, 1.165) is 141 Å². The standard InChI is InChI=1S/C95H179N2O17P/c1-7-13-19-25-31-37-40-46-52-58-64-72-88(101)109-82(69-61-55-49-43-34-28-22-16-10-4)76-86(99)96-92-94(113-91(104)78-84(71-63-57-51-45-36-30-24-18-12-6)111-90(103)74-66-60-54-48-42-39-33-27-21-15-9-3)93(114-115(105,106)107)85(79-98)112-95(92)108-80-81-68-67-75-97(81)87(100)77-83(70-62-56-50-44-35-29-23-17-11-5)110-89(102)73-65-59-53-47-41-38-32-26-20-14-8-2/h81-85,92-95,98H,7-80H2,1-6H3,(H,96,99)(H2,105,106,107)/t81-,82?,83?,84?,85+,92+,93+,94+,95+/m0/s1. The number of nitrogens with one attached hydrogen (secondary N) is 1. The molecule has 2 saturated heterocycles. The van der Waals surface area contributed by atoms with Crippen LogP contribution in [0.15, 0.2) is 0 Å². The molecule has 2 amide bonds. The van der Waals surface area contributed by atoms with Crippen molar-refractivity contribution < 1.29 is 81.2 Å². The average molecular weight is 1650 g/mol. The molecule has 4 N–H and O–H groups in total. The van der Waals surface area contributed by atoms with Crippen LogP contribution in [0, 0.1) is 0 Å². The third-order valence-corrected chi connectivity index (χ3v) is 24.3. The van der Waals surface area contributed by atoms with Crippen LogP contribution in [0.3, 0.4) is 0 Å². The first-order valence-electron chi connectivity index (χ1n) is 49.0. The summed E-state index contributed by atoms with van der Waals surface area (Å²) in [5.74, 6) is -2.89. The zero-order chi connectivity index (χ0) is 83.7. The molecule has 0 bridgehead atoms. The smallest absolute Gasteiger partial charge is 0.462 e. The molecule has 115 heavy (non-hydrogen) atoms. The number of carbonyl (C=O) groups excluding carboxylic acids is 6. The Morgan fingerprint density at radius 1 is 0.391 bits per heavy atom. The maximum Gasteiger partial charge on any atom is 0.470 e. The summed E-state index contributed by atoms with van der Waals surface area (Å²) in [7, 11) is -5.49. The third-order valence-electron chi connectivity index (χ3n) is 23.8. The second-order valence-corrected chi connectivity index (χ2v) is 35.9. The molecule has 0 aliphatic carbocycles. The van der Waals surface area contributed by atoms with Crippen LogP contribution >= 0.6 is 7.82 Å². The number of amides is 2. The van der Waals surface area contributed by atoms with Crippen molar-refractivity contribution in [3.63, 3.8) is 0 Å². The van der Waals surface area contributed by atoms with Crippen LogP contribution in [-0.2, 0) is 66.3 Å². The molecule has 20 heteroatoms. The van der Waals surface area contributed by atoms with E-state index >= 15 is 4.79 Å². The molecular formula is C95H179N2O17P. The molecule has 2 heterocycles. The van der Waals surface area contributed by atoms with Crippen molar-refractivity contribution in [2.45, 2.75) is 552 Å². The summed E-state index contributed by atoms with van der Waals surface area (Å²) in [5.41, 5.74) is 0. The Labute approximate surface area is 703 Å². The van der Waals surface area contributed by atoms with Gasteiger partial charge in [-0.2, -0.15) is 0 Å². The van der Waals surface area contributed by atoms with Gasteiger partial charge < -0.3 is 53.5 Å². The number of unbranched alkanes of at least 4 members (excludes halogenated alkanes) is 54. The minimum Gasteiger partial charge on any atom is -0.462 e. The molecule has 0 spiro atoms. The quantitative estimate of drug-likeness (QED) is 0.0191. The van der Waals surface area contributed by atoms with Gasteiger partial charge in [-0.3, -0.25) is 33.3 Å². The molecule has 676 valence electrons. The lowest BCUT2D eigenvalue weighted by atomic mass is 9.95. The van der Waals surface area contributed by atoms with Gasteiger partial charge in [-0.05, 0) is 70.6 Å². The Morgan fingerprint density at radius 3 is 1.00 bits per heavy atom. The molecule has 3 unspecified atom stereocenters. The number of nitrogens with zero attached hydrogens (tertiary/aromatic N) is 1. The number of phosphoric acid groups is 1. The van der Waals surface area contributed by atoms with E-state index in [1.54, 1.807) is 4.90 Å². The van der Waals surface area contributed by atoms with Crippen molar-refractivity contribution in [3.05, 3.63) is 0 Å². The predicted molar refractivity (Wildman–Crippen MR) is 467 cm³/mol. The number of ether oxygens (including phenoxy) is 6. The lowest BCUT2D eigenvalue weighted by Crippen LogP contribution is -2.66. The monoisotopic (exact) mass is 1650 g/mol. The number of likely N-dealkylation sites (tertiary alicyclic amines) is 1. The van der Waals surface area contributed by atoms with E-state index in [2.05, 4.69) is 46.9 Å². The number of esters is 4. The maximum absolute atomic E-state index is 15.1. The molecule has 0 radical (unpaired) electrons. The van der Waals surface area contributed by atoms with Crippen molar-refractivity contribution >= 4 is 43.5 Å². The van der Waals surface area contributed by atoms with Gasteiger partial charge in [-0.15, -0.1) is 0 Å². The van der Waals surface area contributed by atoms with Crippen molar-refractivity contribution in [2.75, 3.05) is 19.8 Å². The Balaban J connectivity index is 2.60. The molecule has 2 aliphatic heterocycles. The van der Waals surface area contributed by atoms with Crippen LogP contribution < -0.4 is 5.32 Å². The SMILES string of the molecule is CCCCCCCCCCCCCC(=O)OC(CCCCCCCCCCC)CC(=O)N[C@H]1[C@H](OC[C@@H]2CCCN2C(=O)CC(CCCCCCCCCCC)OC(=O)CCCCCCCCCCCCC)O[C@H](CO)[C@@H](OP(=O)(O)O)[C@@H]1OC(=O)CC(CCCCCCCCCCC)OC(=O)CCCCCCCCCCCCC. The molecule has 2 fully saturated rings. The molecule has 0 aromatic carbocycles. The van der Waals surface area contributed by atoms with Gasteiger partial charge in [0.15, 0.2) is 12.4 Å². The number of aliphatic hydroxyl groups excluding tert-OH is 1.